The fourth-order valence-electron chi connectivity index (χ4n) is 4.07. The Hall–Kier alpha value is -1.47. The fraction of sp³-hybridized carbons (Fsp3) is 0.833. The van der Waals surface area contributed by atoms with E-state index < -0.39 is 5.60 Å². The molecule has 2 aliphatic carbocycles. The predicted molar refractivity (Wildman–Crippen MR) is 90.9 cm³/mol. The van der Waals surface area contributed by atoms with E-state index in [4.69, 9.17) is 4.52 Å². The lowest BCUT2D eigenvalue weighted by atomic mass is 9.79. The van der Waals surface area contributed by atoms with Crippen LogP contribution in [0.25, 0.3) is 0 Å². The van der Waals surface area contributed by atoms with Gasteiger partial charge in [0.25, 0.3) is 11.7 Å². The number of rotatable bonds is 5. The van der Waals surface area contributed by atoms with Crippen molar-refractivity contribution in [3.8, 4) is 0 Å². The van der Waals surface area contributed by atoms with Crippen LogP contribution in [0.3, 0.4) is 0 Å². The normalized spacial score (nSPS) is 33.5. The molecule has 7 nitrogen and oxygen atoms in total. The number of amides is 1. The van der Waals surface area contributed by atoms with Gasteiger partial charge >= 0.3 is 0 Å². The van der Waals surface area contributed by atoms with Gasteiger partial charge < -0.3 is 14.9 Å². The molecule has 3 aliphatic rings. The Kier molecular flexibility index (Phi) is 4.54. The van der Waals surface area contributed by atoms with E-state index in [1.54, 1.807) is 0 Å². The minimum absolute atomic E-state index is 0.0124. The van der Waals surface area contributed by atoms with Crippen molar-refractivity contribution in [2.24, 2.45) is 5.92 Å². The second kappa shape index (κ2) is 6.68. The lowest BCUT2D eigenvalue weighted by Gasteiger charge is -2.38. The fourth-order valence-corrected chi connectivity index (χ4v) is 4.07. The van der Waals surface area contributed by atoms with E-state index in [1.165, 1.54) is 0 Å². The maximum Gasteiger partial charge on any atom is 0.292 e. The van der Waals surface area contributed by atoms with Crippen LogP contribution >= 0.6 is 0 Å². The molecule has 0 spiro atoms. The van der Waals surface area contributed by atoms with Crippen molar-refractivity contribution in [3.05, 3.63) is 11.7 Å². The molecule has 0 aromatic carbocycles. The molecule has 1 atom stereocenters. The Morgan fingerprint density at radius 2 is 2.08 bits per heavy atom. The van der Waals surface area contributed by atoms with E-state index in [-0.39, 0.29) is 23.8 Å². The number of carbonyl (C=O) groups is 1. The summed E-state index contributed by atoms with van der Waals surface area (Å²) in [6, 6.07) is 0.290. The molecule has 2 N–H and O–H groups in total. The van der Waals surface area contributed by atoms with Gasteiger partial charge in [-0.1, -0.05) is 12.1 Å². The Morgan fingerprint density at radius 1 is 1.32 bits per heavy atom. The van der Waals surface area contributed by atoms with Crippen molar-refractivity contribution in [1.82, 2.24) is 20.4 Å². The third-order valence-corrected chi connectivity index (χ3v) is 5.91. The third-order valence-electron chi connectivity index (χ3n) is 5.91. The number of aliphatic hydroxyl groups is 1. The SMILES string of the molecule is CC1CCC(O)(CN2CCC[C@@H]2c2nc(C(=O)NC3CC3)no2)CC1. The van der Waals surface area contributed by atoms with Crippen molar-refractivity contribution < 1.29 is 14.4 Å². The molecule has 1 amide bonds. The van der Waals surface area contributed by atoms with Gasteiger partial charge in [0, 0.05) is 12.6 Å². The van der Waals surface area contributed by atoms with E-state index in [0.717, 1.165) is 57.9 Å². The molecule has 2 heterocycles. The number of aromatic nitrogens is 2. The molecule has 25 heavy (non-hydrogen) atoms. The molecule has 1 aromatic rings. The highest BCUT2D eigenvalue weighted by molar-refractivity contribution is 5.90. The van der Waals surface area contributed by atoms with Gasteiger partial charge in [0.05, 0.1) is 11.6 Å². The first-order valence-corrected chi connectivity index (χ1v) is 9.63. The number of hydrogen-bond donors (Lipinski definition) is 2. The van der Waals surface area contributed by atoms with Gasteiger partial charge in [0.15, 0.2) is 0 Å². The van der Waals surface area contributed by atoms with Crippen LogP contribution in [0.5, 0.6) is 0 Å². The average Bonchev–Trinajstić information content (AvgIpc) is 3.09. The molecule has 138 valence electrons. The second-order valence-corrected chi connectivity index (χ2v) is 8.24. The standard InChI is InChI=1S/C18H28N4O3/c1-12-6-8-18(24,9-7-12)11-22-10-2-3-14(22)17-20-15(21-25-17)16(23)19-13-4-5-13/h12-14,24H,2-11H2,1H3,(H,19,23)/t12?,14-,18?/m1/s1. The summed E-state index contributed by atoms with van der Waals surface area (Å²) in [6.45, 7) is 3.83. The predicted octanol–water partition coefficient (Wildman–Crippen LogP) is 2.04. The van der Waals surface area contributed by atoms with Crippen LogP contribution in [-0.2, 0) is 0 Å². The number of likely N-dealkylation sites (tertiary alicyclic amines) is 1. The first-order chi connectivity index (χ1) is 12.0. The van der Waals surface area contributed by atoms with E-state index in [9.17, 15) is 9.90 Å². The zero-order valence-corrected chi connectivity index (χ0v) is 14.9. The number of carbonyl (C=O) groups excluding carboxylic acids is 1. The summed E-state index contributed by atoms with van der Waals surface area (Å²) >= 11 is 0. The molecular weight excluding hydrogens is 320 g/mol. The van der Waals surface area contributed by atoms with Crippen LogP contribution < -0.4 is 5.32 Å². The molecule has 0 radical (unpaired) electrons. The number of hydrogen-bond acceptors (Lipinski definition) is 6. The maximum atomic E-state index is 12.1. The molecule has 2 saturated carbocycles. The summed E-state index contributed by atoms with van der Waals surface area (Å²) in [7, 11) is 0. The molecule has 1 saturated heterocycles. The Balaban J connectivity index is 1.41. The van der Waals surface area contributed by atoms with Crippen molar-refractivity contribution in [1.29, 1.82) is 0 Å². The van der Waals surface area contributed by atoms with Crippen LogP contribution in [0.1, 0.15) is 80.8 Å². The van der Waals surface area contributed by atoms with E-state index in [2.05, 4.69) is 27.3 Å². The second-order valence-electron chi connectivity index (χ2n) is 8.24. The van der Waals surface area contributed by atoms with Gasteiger partial charge in [-0.05, 0) is 63.8 Å². The van der Waals surface area contributed by atoms with Crippen molar-refractivity contribution in [2.75, 3.05) is 13.1 Å². The highest BCUT2D eigenvalue weighted by atomic mass is 16.5. The topological polar surface area (TPSA) is 91.5 Å². The highest BCUT2D eigenvalue weighted by Gasteiger charge is 2.39. The molecule has 0 unspecified atom stereocenters. The zero-order chi connectivity index (χ0) is 17.4. The quantitative estimate of drug-likeness (QED) is 0.846. The molecule has 1 aliphatic heterocycles. The Labute approximate surface area is 148 Å². The third kappa shape index (κ3) is 3.87. The van der Waals surface area contributed by atoms with Gasteiger partial charge in [-0.25, -0.2) is 0 Å². The summed E-state index contributed by atoms with van der Waals surface area (Å²) in [5, 5.41) is 17.7. The molecule has 0 bridgehead atoms. The van der Waals surface area contributed by atoms with E-state index in [0.29, 0.717) is 18.4 Å². The summed E-state index contributed by atoms with van der Waals surface area (Å²) in [4.78, 5) is 18.6. The maximum absolute atomic E-state index is 12.1. The summed E-state index contributed by atoms with van der Waals surface area (Å²) in [6.07, 6.45) is 7.92. The molecular formula is C18H28N4O3. The minimum Gasteiger partial charge on any atom is -0.389 e. The molecule has 1 aromatic heterocycles. The Bertz CT molecular complexity index is 620. The van der Waals surface area contributed by atoms with Gasteiger partial charge in [-0.15, -0.1) is 0 Å². The van der Waals surface area contributed by atoms with Crippen LogP contribution in [0.2, 0.25) is 0 Å². The van der Waals surface area contributed by atoms with Crippen LogP contribution in [0.15, 0.2) is 4.52 Å². The first kappa shape index (κ1) is 17.0. The van der Waals surface area contributed by atoms with E-state index in [1.807, 2.05) is 0 Å². The number of nitrogens with one attached hydrogen (secondary N) is 1. The van der Waals surface area contributed by atoms with Gasteiger partial charge in [0.1, 0.15) is 0 Å². The van der Waals surface area contributed by atoms with Crippen molar-refractivity contribution in [2.45, 2.75) is 76.0 Å². The van der Waals surface area contributed by atoms with Gasteiger partial charge in [-0.3, -0.25) is 9.69 Å². The van der Waals surface area contributed by atoms with Gasteiger partial charge in [0.2, 0.25) is 5.89 Å². The van der Waals surface area contributed by atoms with Crippen molar-refractivity contribution in [3.63, 3.8) is 0 Å². The Morgan fingerprint density at radius 3 is 2.80 bits per heavy atom. The zero-order valence-electron chi connectivity index (χ0n) is 14.9. The van der Waals surface area contributed by atoms with E-state index >= 15 is 0 Å². The minimum atomic E-state index is -0.610. The van der Waals surface area contributed by atoms with Crippen LogP contribution in [-0.4, -0.2) is 50.8 Å². The lowest BCUT2D eigenvalue weighted by molar-refractivity contribution is -0.0398. The van der Waals surface area contributed by atoms with Crippen molar-refractivity contribution >= 4 is 5.91 Å². The molecule has 3 fully saturated rings. The number of β-amino-alcohol motifs (C(OH)–C–C–N with tert-alkyl or cyclic N) is 1. The smallest absolute Gasteiger partial charge is 0.292 e. The molecule has 4 rings (SSSR count). The van der Waals surface area contributed by atoms with Gasteiger partial charge in [-0.2, -0.15) is 4.98 Å². The number of nitrogens with zero attached hydrogens (tertiary/aromatic N) is 3. The largest absolute Gasteiger partial charge is 0.389 e. The summed E-state index contributed by atoms with van der Waals surface area (Å²) in [5.74, 6) is 1.09. The highest BCUT2D eigenvalue weighted by Crippen LogP contribution is 2.37. The van der Waals surface area contributed by atoms with Crippen LogP contribution in [0, 0.1) is 5.92 Å². The summed E-state index contributed by atoms with van der Waals surface area (Å²) < 4.78 is 5.40. The summed E-state index contributed by atoms with van der Waals surface area (Å²) in [5.41, 5.74) is -0.610. The lowest BCUT2D eigenvalue weighted by Crippen LogP contribution is -2.45. The monoisotopic (exact) mass is 348 g/mol. The average molecular weight is 348 g/mol. The van der Waals surface area contributed by atoms with Crippen LogP contribution in [0.4, 0.5) is 0 Å². The first-order valence-electron chi connectivity index (χ1n) is 9.63. The molecule has 7 heteroatoms.